The molecule has 1 aromatic carbocycles. The van der Waals surface area contributed by atoms with E-state index in [-0.39, 0.29) is 42.7 Å². The molecule has 1 aromatic heterocycles. The van der Waals surface area contributed by atoms with Gasteiger partial charge < -0.3 is 29.2 Å². The molecule has 2 fully saturated rings. The van der Waals surface area contributed by atoms with E-state index < -0.39 is 53.3 Å². The van der Waals surface area contributed by atoms with Crippen LogP contribution in [0.5, 0.6) is 11.6 Å². The third-order valence-electron chi connectivity index (χ3n) is 8.52. The minimum atomic E-state index is -1.03. The number of methoxy groups -OCH3 is 1. The Balaban J connectivity index is 1.59. The van der Waals surface area contributed by atoms with Crippen molar-refractivity contribution in [1.29, 1.82) is 0 Å². The lowest BCUT2D eigenvalue weighted by Crippen LogP contribution is -2.57. The standard InChI is InChI=1S/C34H43FN4O7/c1-18(2)17-44-32(41)28-19(3)26-16-39(28)31(40)29(34(4,5)6)38-33(42)46-25-14-20(25)10-8-9-11-22(35)27-30(45-26)37-24-15-21(43-7)12-13-23(24)36-27/h8-9,11-13,15,18-20,25-26,28-29H,10,14,16-17H2,1-7H3,(H,38,42)/b9-8+,22-11?/t19-,20-,25-,26+,28+,29-/m1/s1. The lowest BCUT2D eigenvalue weighted by atomic mass is 9.85. The average Bonchev–Trinajstić information content (AvgIpc) is 3.65. The van der Waals surface area contributed by atoms with E-state index in [1.54, 1.807) is 37.3 Å². The fourth-order valence-electron chi connectivity index (χ4n) is 5.74. The number of benzene rings is 1. The van der Waals surface area contributed by atoms with Gasteiger partial charge in [-0.15, -0.1) is 0 Å². The van der Waals surface area contributed by atoms with Gasteiger partial charge >= 0.3 is 12.1 Å². The zero-order valence-corrected chi connectivity index (χ0v) is 27.4. The number of hydrogen-bond acceptors (Lipinski definition) is 9. The van der Waals surface area contributed by atoms with Crippen LogP contribution in [0.4, 0.5) is 9.18 Å². The number of carbonyl (C=O) groups excluding carboxylic acids is 3. The fourth-order valence-corrected chi connectivity index (χ4v) is 5.74. The van der Waals surface area contributed by atoms with Crippen LogP contribution in [0.2, 0.25) is 0 Å². The molecule has 2 aliphatic heterocycles. The summed E-state index contributed by atoms with van der Waals surface area (Å²) in [4.78, 5) is 51.4. The van der Waals surface area contributed by atoms with Crippen molar-refractivity contribution < 1.29 is 37.7 Å². The lowest BCUT2D eigenvalue weighted by Gasteiger charge is -2.35. The number of hydrogen-bond donors (Lipinski definition) is 1. The minimum absolute atomic E-state index is 0.0437. The van der Waals surface area contributed by atoms with E-state index in [2.05, 4.69) is 15.3 Å². The molecule has 1 N–H and O–H groups in total. The second kappa shape index (κ2) is 13.3. The maximum Gasteiger partial charge on any atom is 0.408 e. The molecule has 6 atom stereocenters. The monoisotopic (exact) mass is 638 g/mol. The third kappa shape index (κ3) is 7.26. The molecule has 11 nitrogen and oxygen atoms in total. The van der Waals surface area contributed by atoms with Crippen molar-refractivity contribution in [2.24, 2.45) is 23.2 Å². The van der Waals surface area contributed by atoms with Gasteiger partial charge in [0.25, 0.3) is 0 Å². The van der Waals surface area contributed by atoms with E-state index in [4.69, 9.17) is 18.9 Å². The number of ether oxygens (including phenoxy) is 4. The Kier molecular flexibility index (Phi) is 9.55. The molecular weight excluding hydrogens is 595 g/mol. The number of fused-ring (bicyclic) bond motifs is 5. The van der Waals surface area contributed by atoms with Gasteiger partial charge in [0, 0.05) is 17.9 Å². The summed E-state index contributed by atoms with van der Waals surface area (Å²) in [6, 6.07) is 3.01. The predicted octanol–water partition coefficient (Wildman–Crippen LogP) is 5.23. The van der Waals surface area contributed by atoms with Crippen molar-refractivity contribution in [1.82, 2.24) is 20.2 Å². The Bertz CT molecular complexity index is 1550. The zero-order chi connectivity index (χ0) is 33.3. The van der Waals surface area contributed by atoms with Gasteiger partial charge in [-0.2, -0.15) is 0 Å². The first-order chi connectivity index (χ1) is 21.8. The molecule has 0 spiro atoms. The summed E-state index contributed by atoms with van der Waals surface area (Å²) in [7, 11) is 1.53. The number of allylic oxidation sites excluding steroid dienone is 3. The molecule has 2 aromatic rings. The van der Waals surface area contributed by atoms with E-state index in [1.807, 2.05) is 34.6 Å². The van der Waals surface area contributed by atoms with Gasteiger partial charge in [0.1, 0.15) is 30.0 Å². The molecule has 248 valence electrons. The number of carbonyl (C=O) groups is 3. The molecule has 1 aliphatic carbocycles. The largest absolute Gasteiger partial charge is 0.497 e. The number of alkyl carbamates (subject to hydrolysis) is 1. The molecule has 12 heteroatoms. The van der Waals surface area contributed by atoms with E-state index in [1.165, 1.54) is 18.1 Å². The number of amides is 2. The number of esters is 1. The first-order valence-corrected chi connectivity index (χ1v) is 15.8. The van der Waals surface area contributed by atoms with E-state index >= 15 is 4.39 Å². The Morgan fingerprint density at radius 1 is 1.15 bits per heavy atom. The van der Waals surface area contributed by atoms with Gasteiger partial charge in [-0.05, 0) is 42.4 Å². The molecule has 2 bridgehead atoms. The highest BCUT2D eigenvalue weighted by atomic mass is 19.1. The number of nitrogens with one attached hydrogen (secondary N) is 1. The highest BCUT2D eigenvalue weighted by Crippen LogP contribution is 2.38. The maximum atomic E-state index is 15.8. The lowest BCUT2D eigenvalue weighted by molar-refractivity contribution is -0.156. The molecule has 1 saturated heterocycles. The average molecular weight is 639 g/mol. The number of rotatable bonds is 4. The molecule has 46 heavy (non-hydrogen) atoms. The summed E-state index contributed by atoms with van der Waals surface area (Å²) in [5.41, 5.74) is 0.0179. The minimum Gasteiger partial charge on any atom is -0.497 e. The van der Waals surface area contributed by atoms with Crippen LogP contribution in [0.25, 0.3) is 16.9 Å². The molecule has 1 saturated carbocycles. The van der Waals surface area contributed by atoms with Crippen LogP contribution in [-0.4, -0.2) is 77.4 Å². The topological polar surface area (TPSA) is 129 Å². The normalized spacial score (nSPS) is 27.7. The SMILES string of the molecule is COc1ccc2nc3c(nc2c1)O[C@H]1CN(C(=O)[C@H](C(C)(C)C)NC(=O)O[C@@H]2C[C@H]2C/C=C/C=C3F)[C@H](C(=O)OCC(C)C)[C@@H]1C. The summed E-state index contributed by atoms with van der Waals surface area (Å²) in [5.74, 6) is -1.72. The molecule has 3 heterocycles. The first-order valence-electron chi connectivity index (χ1n) is 15.8. The Morgan fingerprint density at radius 2 is 1.91 bits per heavy atom. The second-order valence-corrected chi connectivity index (χ2v) is 13.8. The third-order valence-corrected chi connectivity index (χ3v) is 8.52. The Hall–Kier alpha value is -4.22. The van der Waals surface area contributed by atoms with Crippen molar-refractivity contribution in [3.05, 3.63) is 42.1 Å². The van der Waals surface area contributed by atoms with Gasteiger partial charge in [0.15, 0.2) is 11.5 Å². The second-order valence-electron chi connectivity index (χ2n) is 13.8. The van der Waals surface area contributed by atoms with Crippen molar-refractivity contribution in [2.45, 2.75) is 78.7 Å². The van der Waals surface area contributed by atoms with E-state index in [0.717, 1.165) is 0 Å². The maximum absolute atomic E-state index is 15.8. The van der Waals surface area contributed by atoms with E-state index in [9.17, 15) is 14.4 Å². The van der Waals surface area contributed by atoms with Crippen LogP contribution in [0.1, 0.15) is 60.1 Å². The summed E-state index contributed by atoms with van der Waals surface area (Å²) in [6.45, 7) is 11.2. The first kappa shape index (κ1) is 33.2. The Morgan fingerprint density at radius 3 is 2.61 bits per heavy atom. The van der Waals surface area contributed by atoms with Crippen LogP contribution < -0.4 is 14.8 Å². The van der Waals surface area contributed by atoms with Crippen molar-refractivity contribution >= 4 is 34.8 Å². The van der Waals surface area contributed by atoms with Crippen LogP contribution in [0.3, 0.4) is 0 Å². The van der Waals surface area contributed by atoms with Crippen molar-refractivity contribution in [2.75, 3.05) is 20.3 Å². The van der Waals surface area contributed by atoms with Crippen molar-refractivity contribution in [3.63, 3.8) is 0 Å². The molecule has 0 unspecified atom stereocenters. The molecule has 2 amide bonds. The Labute approximate surface area is 268 Å². The predicted molar refractivity (Wildman–Crippen MR) is 169 cm³/mol. The molecule has 3 aliphatic rings. The molecule has 0 radical (unpaired) electrons. The van der Waals surface area contributed by atoms with Gasteiger partial charge in [-0.25, -0.2) is 23.9 Å². The number of aromatic nitrogens is 2. The van der Waals surface area contributed by atoms with Crippen LogP contribution in [0.15, 0.2) is 36.4 Å². The van der Waals surface area contributed by atoms with Crippen LogP contribution >= 0.6 is 0 Å². The quantitative estimate of drug-likeness (QED) is 0.448. The zero-order valence-electron chi connectivity index (χ0n) is 27.4. The molecule has 5 rings (SSSR count). The van der Waals surface area contributed by atoms with Gasteiger partial charge in [-0.3, -0.25) is 4.79 Å². The fraction of sp³-hybridized carbons (Fsp3) is 0.559. The van der Waals surface area contributed by atoms with Crippen LogP contribution in [-0.2, 0) is 19.1 Å². The summed E-state index contributed by atoms with van der Waals surface area (Å²) in [6.07, 6.45) is 4.10. The van der Waals surface area contributed by atoms with Gasteiger partial charge in [0.2, 0.25) is 11.8 Å². The summed E-state index contributed by atoms with van der Waals surface area (Å²) < 4.78 is 38.8. The summed E-state index contributed by atoms with van der Waals surface area (Å²) >= 11 is 0. The summed E-state index contributed by atoms with van der Waals surface area (Å²) in [5, 5.41) is 2.77. The van der Waals surface area contributed by atoms with E-state index in [0.29, 0.717) is 29.6 Å². The smallest absolute Gasteiger partial charge is 0.408 e. The van der Waals surface area contributed by atoms with Crippen molar-refractivity contribution in [3.8, 4) is 11.6 Å². The molecular formula is C34H43FN4O7. The van der Waals surface area contributed by atoms with Gasteiger partial charge in [-0.1, -0.05) is 53.7 Å². The van der Waals surface area contributed by atoms with Gasteiger partial charge in [0.05, 0.1) is 31.3 Å². The highest BCUT2D eigenvalue weighted by Gasteiger charge is 2.51. The van der Waals surface area contributed by atoms with Crippen LogP contribution in [0, 0.1) is 23.2 Å². The highest BCUT2D eigenvalue weighted by molar-refractivity contribution is 5.91. The number of halogens is 1. The number of nitrogens with zero attached hydrogens (tertiary/aromatic N) is 3.